The minimum absolute atomic E-state index is 0.220. The highest BCUT2D eigenvalue weighted by atomic mass is 32.1. The fraction of sp³-hybridized carbons (Fsp3) is 0.300. The second-order valence-electron chi connectivity index (χ2n) is 3.42. The summed E-state index contributed by atoms with van der Waals surface area (Å²) in [6.45, 7) is 1.72. The molecule has 6 heteroatoms. The van der Waals surface area contributed by atoms with E-state index in [1.54, 1.807) is 14.0 Å². The number of likely N-dealkylation sites (N-methyl/N-ethyl adjacent to an activating group) is 1. The van der Waals surface area contributed by atoms with Gasteiger partial charge in [0.25, 0.3) is 5.91 Å². The lowest BCUT2D eigenvalue weighted by Crippen LogP contribution is -2.43. The zero-order chi connectivity index (χ0) is 12.3. The summed E-state index contributed by atoms with van der Waals surface area (Å²) in [7, 11) is 1.58. The summed E-state index contributed by atoms with van der Waals surface area (Å²) in [6, 6.07) is 4.04. The van der Waals surface area contributed by atoms with Crippen molar-refractivity contribution in [3.8, 4) is 0 Å². The molecule has 86 valence electrons. The number of carbonyl (C=O) groups excluding carboxylic acids is 1. The molecule has 1 amide bonds. The minimum Gasteiger partial charge on any atom is -0.392 e. The van der Waals surface area contributed by atoms with Crippen molar-refractivity contribution in [2.45, 2.75) is 13.0 Å². The average Bonchev–Trinajstić information content (AvgIpc) is 2.26. The second kappa shape index (κ2) is 4.89. The molecule has 3 N–H and O–H groups in total. The molecule has 5 nitrogen and oxygen atoms in total. The van der Waals surface area contributed by atoms with Crippen LogP contribution in [0.25, 0.3) is 0 Å². The van der Waals surface area contributed by atoms with Crippen LogP contribution in [-0.2, 0) is 0 Å². The number of hydrogen-bond acceptors (Lipinski definition) is 3. The van der Waals surface area contributed by atoms with Crippen LogP contribution < -0.4 is 11.3 Å². The van der Waals surface area contributed by atoms with E-state index in [-0.39, 0.29) is 28.2 Å². The molecule has 0 spiro atoms. The molecule has 0 bridgehead atoms. The summed E-state index contributed by atoms with van der Waals surface area (Å²) >= 11 is 4.80. The van der Waals surface area contributed by atoms with Crippen LogP contribution in [0, 0.1) is 0 Å². The van der Waals surface area contributed by atoms with Gasteiger partial charge in [-0.05, 0) is 13.0 Å². The quantitative estimate of drug-likeness (QED) is 0.734. The third-order valence-electron chi connectivity index (χ3n) is 2.31. The van der Waals surface area contributed by atoms with Gasteiger partial charge >= 0.3 is 0 Å². The number of nitrogens with two attached hydrogens (primary N) is 1. The molecule has 0 radical (unpaired) electrons. The second-order valence-corrected chi connectivity index (χ2v) is 3.89. The van der Waals surface area contributed by atoms with E-state index in [1.165, 1.54) is 23.1 Å². The van der Waals surface area contributed by atoms with E-state index in [1.807, 2.05) is 0 Å². The highest BCUT2D eigenvalue weighted by Gasteiger charge is 2.19. The zero-order valence-electron chi connectivity index (χ0n) is 9.06. The van der Waals surface area contributed by atoms with Gasteiger partial charge in [0.15, 0.2) is 0 Å². The molecule has 1 heterocycles. The Morgan fingerprint density at radius 2 is 2.19 bits per heavy atom. The van der Waals surface area contributed by atoms with Crippen LogP contribution >= 0.6 is 12.2 Å². The van der Waals surface area contributed by atoms with Crippen molar-refractivity contribution >= 4 is 23.1 Å². The number of nitrogens with one attached hydrogen (secondary N) is 1. The molecular weight excluding hydrogens is 226 g/mol. The molecule has 1 unspecified atom stereocenters. The fourth-order valence-corrected chi connectivity index (χ4v) is 1.29. The number of nitrogens with zero attached hydrogens (tertiary/aromatic N) is 1. The third-order valence-corrected chi connectivity index (χ3v) is 2.65. The van der Waals surface area contributed by atoms with E-state index in [9.17, 15) is 9.59 Å². The van der Waals surface area contributed by atoms with Gasteiger partial charge in [0.05, 0.1) is 11.0 Å². The first-order valence-corrected chi connectivity index (χ1v) is 5.10. The Morgan fingerprint density at radius 1 is 1.56 bits per heavy atom. The van der Waals surface area contributed by atoms with Crippen LogP contribution in [0.5, 0.6) is 0 Å². The van der Waals surface area contributed by atoms with Crippen LogP contribution in [0.4, 0.5) is 0 Å². The smallest absolute Gasteiger partial charge is 0.270 e. The number of aromatic nitrogens is 1. The number of rotatable bonds is 3. The Labute approximate surface area is 98.3 Å². The van der Waals surface area contributed by atoms with Crippen LogP contribution in [0.15, 0.2) is 23.0 Å². The maximum absolute atomic E-state index is 11.9. The van der Waals surface area contributed by atoms with Gasteiger partial charge in [-0.15, -0.1) is 0 Å². The predicted octanol–water partition coefficient (Wildman–Crippen LogP) is 0.121. The Morgan fingerprint density at radius 3 is 2.69 bits per heavy atom. The van der Waals surface area contributed by atoms with Gasteiger partial charge in [-0.2, -0.15) is 0 Å². The number of H-pyrrole nitrogens is 1. The molecule has 0 aliphatic carbocycles. The Hall–Kier alpha value is -1.69. The summed E-state index contributed by atoms with van der Waals surface area (Å²) in [5.74, 6) is -0.321. The summed E-state index contributed by atoms with van der Waals surface area (Å²) in [6.07, 6.45) is 0. The van der Waals surface area contributed by atoms with Crippen LogP contribution in [0.1, 0.15) is 17.4 Å². The van der Waals surface area contributed by atoms with E-state index < -0.39 is 0 Å². The van der Waals surface area contributed by atoms with E-state index in [4.69, 9.17) is 18.0 Å². The summed E-state index contributed by atoms with van der Waals surface area (Å²) in [5, 5.41) is 0. The Balaban J connectivity index is 2.94. The summed E-state index contributed by atoms with van der Waals surface area (Å²) < 4.78 is 0. The third kappa shape index (κ3) is 2.66. The molecule has 0 aliphatic heterocycles. The zero-order valence-corrected chi connectivity index (χ0v) is 9.88. The van der Waals surface area contributed by atoms with Gasteiger partial charge in [-0.3, -0.25) is 9.59 Å². The number of hydrogen-bond donors (Lipinski definition) is 2. The fourth-order valence-electron chi connectivity index (χ4n) is 1.13. The van der Waals surface area contributed by atoms with Gasteiger partial charge in [0.2, 0.25) is 5.56 Å². The highest BCUT2D eigenvalue weighted by Crippen LogP contribution is 2.02. The maximum Gasteiger partial charge on any atom is 0.270 e. The number of aromatic amines is 1. The Kier molecular flexibility index (Phi) is 3.78. The van der Waals surface area contributed by atoms with Crippen LogP contribution in [0.3, 0.4) is 0 Å². The molecule has 1 atom stereocenters. The van der Waals surface area contributed by atoms with Crippen molar-refractivity contribution in [1.82, 2.24) is 9.88 Å². The minimum atomic E-state index is -0.355. The molecule has 0 fully saturated rings. The lowest BCUT2D eigenvalue weighted by molar-refractivity contribution is 0.0773. The standard InChI is InChI=1S/C10H13N3O2S/c1-6(9(11)16)13(2)10(15)7-4-3-5-8(14)12-7/h3-6H,1-2H3,(H2,11,16)(H,12,14). The van der Waals surface area contributed by atoms with Crippen LogP contribution in [0.2, 0.25) is 0 Å². The number of carbonyl (C=O) groups is 1. The SMILES string of the molecule is CC(C(N)=S)N(C)C(=O)c1cccc(=O)[nH]1. The summed E-state index contributed by atoms with van der Waals surface area (Å²) in [4.78, 5) is 27.0. The first kappa shape index (κ1) is 12.4. The van der Waals surface area contributed by atoms with Crippen molar-refractivity contribution in [2.24, 2.45) is 5.73 Å². The van der Waals surface area contributed by atoms with Crippen LogP contribution in [-0.4, -0.2) is 33.9 Å². The van der Waals surface area contributed by atoms with Crippen molar-refractivity contribution in [1.29, 1.82) is 0 Å². The molecule has 1 aromatic rings. The molecule has 0 saturated carbocycles. The van der Waals surface area contributed by atoms with Gasteiger partial charge < -0.3 is 15.6 Å². The summed E-state index contributed by atoms with van der Waals surface area (Å²) in [5.41, 5.74) is 5.35. The van der Waals surface area contributed by atoms with Gasteiger partial charge in [0.1, 0.15) is 5.69 Å². The predicted molar refractivity (Wildman–Crippen MR) is 65.4 cm³/mol. The number of thiocarbonyl (C=S) groups is 1. The van der Waals surface area contributed by atoms with Crippen molar-refractivity contribution in [2.75, 3.05) is 7.05 Å². The molecule has 0 saturated heterocycles. The van der Waals surface area contributed by atoms with E-state index in [0.717, 1.165) is 0 Å². The normalized spacial score (nSPS) is 11.9. The van der Waals surface area contributed by atoms with Crippen molar-refractivity contribution in [3.05, 3.63) is 34.2 Å². The number of pyridine rings is 1. The van der Waals surface area contributed by atoms with E-state index in [2.05, 4.69) is 4.98 Å². The maximum atomic E-state index is 11.9. The topological polar surface area (TPSA) is 79.2 Å². The molecular formula is C10H13N3O2S. The highest BCUT2D eigenvalue weighted by molar-refractivity contribution is 7.80. The average molecular weight is 239 g/mol. The number of amides is 1. The Bertz CT molecular complexity index is 469. The largest absolute Gasteiger partial charge is 0.392 e. The first-order chi connectivity index (χ1) is 7.43. The molecule has 1 rings (SSSR count). The molecule has 0 aromatic carbocycles. The first-order valence-electron chi connectivity index (χ1n) is 4.69. The van der Waals surface area contributed by atoms with E-state index >= 15 is 0 Å². The van der Waals surface area contributed by atoms with Crippen molar-refractivity contribution in [3.63, 3.8) is 0 Å². The van der Waals surface area contributed by atoms with Gasteiger partial charge in [-0.25, -0.2) is 0 Å². The van der Waals surface area contributed by atoms with E-state index in [0.29, 0.717) is 0 Å². The lowest BCUT2D eigenvalue weighted by Gasteiger charge is -2.23. The van der Waals surface area contributed by atoms with Gasteiger partial charge in [0, 0.05) is 13.1 Å². The molecule has 1 aromatic heterocycles. The molecule has 16 heavy (non-hydrogen) atoms. The lowest BCUT2D eigenvalue weighted by atomic mass is 10.2. The van der Waals surface area contributed by atoms with Crippen molar-refractivity contribution < 1.29 is 4.79 Å². The molecule has 0 aliphatic rings. The monoisotopic (exact) mass is 239 g/mol. The van der Waals surface area contributed by atoms with Gasteiger partial charge in [-0.1, -0.05) is 18.3 Å².